The minimum absolute atomic E-state index is 0. The minimum atomic E-state index is -0.234. The molecule has 2 N–H and O–H groups in total. The number of halogens is 1. The quantitative estimate of drug-likeness (QED) is 0.314. The summed E-state index contributed by atoms with van der Waals surface area (Å²) in [6.07, 6.45) is 6.64. The van der Waals surface area contributed by atoms with Crippen LogP contribution in [0.5, 0.6) is 0 Å². The number of likely N-dealkylation sites (tertiary alicyclic amines) is 1. The highest BCUT2D eigenvalue weighted by Crippen LogP contribution is 2.10. The molecular weight excluding hydrogens is 403 g/mol. The van der Waals surface area contributed by atoms with Crippen LogP contribution in [0.25, 0.3) is 0 Å². The Morgan fingerprint density at radius 2 is 2.35 bits per heavy atom. The summed E-state index contributed by atoms with van der Waals surface area (Å²) in [6.45, 7) is 5.48. The lowest BCUT2D eigenvalue weighted by Gasteiger charge is -2.33. The average Bonchev–Trinajstić information content (AvgIpc) is 2.54. The number of aromatic nitrogens is 1. The van der Waals surface area contributed by atoms with E-state index in [0.717, 1.165) is 63.4 Å². The van der Waals surface area contributed by atoms with Crippen LogP contribution >= 0.6 is 24.0 Å². The Morgan fingerprint density at radius 1 is 1.48 bits per heavy atom. The fourth-order valence-corrected chi connectivity index (χ4v) is 2.61. The highest BCUT2D eigenvalue weighted by molar-refractivity contribution is 14.0. The SMILES string of the molecule is CCCCN=C(NCCc1ccccn1)N1CCCC(O)C1.I. The van der Waals surface area contributed by atoms with Gasteiger partial charge in [0.05, 0.1) is 6.10 Å². The van der Waals surface area contributed by atoms with Crippen molar-refractivity contribution in [1.82, 2.24) is 15.2 Å². The van der Waals surface area contributed by atoms with Gasteiger partial charge in [-0.3, -0.25) is 9.98 Å². The molecule has 0 amide bonds. The number of nitrogens with zero attached hydrogens (tertiary/aromatic N) is 3. The summed E-state index contributed by atoms with van der Waals surface area (Å²) in [5.41, 5.74) is 1.08. The summed E-state index contributed by atoms with van der Waals surface area (Å²) in [5, 5.41) is 13.3. The molecule has 2 rings (SSSR count). The van der Waals surface area contributed by atoms with Crippen molar-refractivity contribution in [2.24, 2.45) is 4.99 Å². The first-order valence-electron chi connectivity index (χ1n) is 8.41. The van der Waals surface area contributed by atoms with Gasteiger partial charge < -0.3 is 15.3 Å². The van der Waals surface area contributed by atoms with E-state index in [1.165, 1.54) is 0 Å². The van der Waals surface area contributed by atoms with E-state index in [9.17, 15) is 5.11 Å². The Kier molecular flexibility index (Phi) is 10.2. The van der Waals surface area contributed by atoms with Gasteiger partial charge in [-0.05, 0) is 31.4 Å². The number of rotatable bonds is 6. The zero-order valence-corrected chi connectivity index (χ0v) is 16.3. The Labute approximate surface area is 156 Å². The maximum absolute atomic E-state index is 9.87. The van der Waals surface area contributed by atoms with Gasteiger partial charge in [-0.15, -0.1) is 24.0 Å². The summed E-state index contributed by atoms with van der Waals surface area (Å²) < 4.78 is 0. The Hall–Kier alpha value is -0.890. The molecule has 0 radical (unpaired) electrons. The molecule has 5 nitrogen and oxygen atoms in total. The van der Waals surface area contributed by atoms with E-state index < -0.39 is 0 Å². The molecule has 6 heteroatoms. The van der Waals surface area contributed by atoms with Crippen LogP contribution in [0.4, 0.5) is 0 Å². The summed E-state index contributed by atoms with van der Waals surface area (Å²) in [6, 6.07) is 5.99. The van der Waals surface area contributed by atoms with E-state index in [4.69, 9.17) is 4.99 Å². The van der Waals surface area contributed by atoms with Gasteiger partial charge in [0.1, 0.15) is 0 Å². The number of aliphatic hydroxyl groups is 1. The number of aliphatic imine (C=N–C) groups is 1. The van der Waals surface area contributed by atoms with Gasteiger partial charge in [0.15, 0.2) is 5.96 Å². The number of pyridine rings is 1. The molecule has 0 aromatic carbocycles. The summed E-state index contributed by atoms with van der Waals surface area (Å²) >= 11 is 0. The zero-order chi connectivity index (χ0) is 15.6. The van der Waals surface area contributed by atoms with Crippen LogP contribution in [0, 0.1) is 0 Å². The standard InChI is InChI=1S/C17H28N4O.HI/c1-2-3-10-19-17(21-13-6-8-16(22)14-21)20-12-9-15-7-4-5-11-18-15;/h4-5,7,11,16,22H,2-3,6,8-10,12-14H2,1H3,(H,19,20);1H. The number of β-amino-alcohol motifs (C(OH)–C–C–N with tert-alkyl or cyclic N) is 1. The molecule has 1 fully saturated rings. The molecule has 1 unspecified atom stereocenters. The smallest absolute Gasteiger partial charge is 0.194 e. The zero-order valence-electron chi connectivity index (χ0n) is 13.9. The lowest BCUT2D eigenvalue weighted by atomic mass is 10.1. The van der Waals surface area contributed by atoms with Crippen LogP contribution in [-0.4, -0.2) is 53.2 Å². The van der Waals surface area contributed by atoms with E-state index in [-0.39, 0.29) is 30.1 Å². The van der Waals surface area contributed by atoms with E-state index >= 15 is 0 Å². The molecule has 2 heterocycles. The van der Waals surface area contributed by atoms with Crippen molar-refractivity contribution in [2.75, 3.05) is 26.2 Å². The van der Waals surface area contributed by atoms with E-state index in [2.05, 4.69) is 22.1 Å². The maximum Gasteiger partial charge on any atom is 0.194 e. The molecule has 0 bridgehead atoms. The normalized spacial score (nSPS) is 18.4. The molecule has 0 aliphatic carbocycles. The van der Waals surface area contributed by atoms with Gasteiger partial charge in [-0.2, -0.15) is 0 Å². The summed E-state index contributed by atoms with van der Waals surface area (Å²) in [4.78, 5) is 11.2. The predicted molar refractivity (Wildman–Crippen MR) is 105 cm³/mol. The highest BCUT2D eigenvalue weighted by atomic mass is 127. The van der Waals surface area contributed by atoms with E-state index in [1.54, 1.807) is 0 Å². The Morgan fingerprint density at radius 3 is 3.04 bits per heavy atom. The second-order valence-corrected chi connectivity index (χ2v) is 5.80. The van der Waals surface area contributed by atoms with Crippen molar-refractivity contribution in [3.05, 3.63) is 30.1 Å². The van der Waals surface area contributed by atoms with E-state index in [0.29, 0.717) is 6.54 Å². The third kappa shape index (κ3) is 7.48. The molecular formula is C17H29IN4O. The molecule has 1 aromatic heterocycles. The van der Waals surface area contributed by atoms with Gasteiger partial charge in [-0.1, -0.05) is 19.4 Å². The Bertz CT molecular complexity index is 455. The molecule has 1 aromatic rings. The van der Waals surface area contributed by atoms with Crippen molar-refractivity contribution in [2.45, 2.75) is 45.1 Å². The largest absolute Gasteiger partial charge is 0.391 e. The third-order valence-electron chi connectivity index (χ3n) is 3.86. The fraction of sp³-hybridized carbons (Fsp3) is 0.647. The molecule has 1 aliphatic rings. The first kappa shape index (κ1) is 20.2. The second-order valence-electron chi connectivity index (χ2n) is 5.80. The summed E-state index contributed by atoms with van der Waals surface area (Å²) in [7, 11) is 0. The number of hydrogen-bond acceptors (Lipinski definition) is 3. The molecule has 0 saturated carbocycles. The number of hydrogen-bond donors (Lipinski definition) is 2. The first-order valence-corrected chi connectivity index (χ1v) is 8.41. The van der Waals surface area contributed by atoms with Gasteiger partial charge >= 0.3 is 0 Å². The fourth-order valence-electron chi connectivity index (χ4n) is 2.61. The number of guanidine groups is 1. The highest BCUT2D eigenvalue weighted by Gasteiger charge is 2.20. The van der Waals surface area contributed by atoms with Crippen molar-refractivity contribution in [3.63, 3.8) is 0 Å². The van der Waals surface area contributed by atoms with Gasteiger partial charge in [0, 0.05) is 44.5 Å². The van der Waals surface area contributed by atoms with Crippen molar-refractivity contribution in [3.8, 4) is 0 Å². The topological polar surface area (TPSA) is 60.8 Å². The number of unbranched alkanes of at least 4 members (excludes halogenated alkanes) is 1. The second kappa shape index (κ2) is 11.6. The van der Waals surface area contributed by atoms with Crippen LogP contribution in [0.2, 0.25) is 0 Å². The molecule has 1 saturated heterocycles. The summed E-state index contributed by atoms with van der Waals surface area (Å²) in [5.74, 6) is 0.933. The molecule has 130 valence electrons. The molecule has 1 atom stereocenters. The predicted octanol–water partition coefficient (Wildman–Crippen LogP) is 2.44. The molecule has 23 heavy (non-hydrogen) atoms. The molecule has 1 aliphatic heterocycles. The monoisotopic (exact) mass is 432 g/mol. The van der Waals surface area contributed by atoms with Gasteiger partial charge in [-0.25, -0.2) is 0 Å². The Balaban J connectivity index is 0.00000264. The maximum atomic E-state index is 9.87. The number of nitrogens with one attached hydrogen (secondary N) is 1. The van der Waals surface area contributed by atoms with Crippen molar-refractivity contribution >= 4 is 29.9 Å². The first-order chi connectivity index (χ1) is 10.8. The average molecular weight is 432 g/mol. The minimum Gasteiger partial charge on any atom is -0.391 e. The van der Waals surface area contributed by atoms with Crippen LogP contribution in [-0.2, 0) is 6.42 Å². The van der Waals surface area contributed by atoms with Crippen LogP contribution < -0.4 is 5.32 Å². The van der Waals surface area contributed by atoms with Crippen molar-refractivity contribution in [1.29, 1.82) is 0 Å². The molecule has 0 spiro atoms. The van der Waals surface area contributed by atoms with Crippen LogP contribution in [0.1, 0.15) is 38.3 Å². The van der Waals surface area contributed by atoms with Gasteiger partial charge in [0.2, 0.25) is 0 Å². The lowest BCUT2D eigenvalue weighted by molar-refractivity contribution is 0.101. The van der Waals surface area contributed by atoms with Crippen LogP contribution in [0.15, 0.2) is 29.4 Å². The van der Waals surface area contributed by atoms with E-state index in [1.807, 2.05) is 24.4 Å². The van der Waals surface area contributed by atoms with Gasteiger partial charge in [0.25, 0.3) is 0 Å². The number of piperidine rings is 1. The van der Waals surface area contributed by atoms with Crippen molar-refractivity contribution < 1.29 is 5.11 Å². The lowest BCUT2D eigenvalue weighted by Crippen LogP contribution is -2.48. The number of aliphatic hydroxyl groups excluding tert-OH is 1. The van der Waals surface area contributed by atoms with Crippen LogP contribution in [0.3, 0.4) is 0 Å². The third-order valence-corrected chi connectivity index (χ3v) is 3.86.